The molecule has 0 radical (unpaired) electrons. The molecule has 5 nitrogen and oxygen atoms in total. The van der Waals surface area contributed by atoms with Gasteiger partial charge in [-0.05, 0) is 0 Å². The lowest BCUT2D eigenvalue weighted by atomic mass is 10.3. The van der Waals surface area contributed by atoms with Crippen LogP contribution in [-0.2, 0) is 4.79 Å². The average molecular weight is 253 g/mol. The van der Waals surface area contributed by atoms with Crippen molar-refractivity contribution in [2.45, 2.75) is 13.3 Å². The van der Waals surface area contributed by atoms with Gasteiger partial charge in [-0.3, -0.25) is 4.79 Å². The zero-order valence-corrected chi connectivity index (χ0v) is 11.0. The Balaban J connectivity index is 2.48. The highest BCUT2D eigenvalue weighted by Crippen LogP contribution is 2.27. The molecule has 1 amide bonds. The molecular formula is C13H19NO4. The minimum absolute atomic E-state index is 0.0156. The summed E-state index contributed by atoms with van der Waals surface area (Å²) in [4.78, 5) is 11.0. The third-order valence-corrected chi connectivity index (χ3v) is 2.34. The van der Waals surface area contributed by atoms with E-state index in [9.17, 15) is 4.79 Å². The first-order chi connectivity index (χ1) is 8.69. The molecule has 0 aliphatic heterocycles. The van der Waals surface area contributed by atoms with E-state index in [0.29, 0.717) is 36.8 Å². The molecule has 0 heterocycles. The second-order valence-corrected chi connectivity index (χ2v) is 3.60. The summed E-state index contributed by atoms with van der Waals surface area (Å²) in [6.07, 6.45) is 0.479. The van der Waals surface area contributed by atoms with Crippen LogP contribution in [0.25, 0.3) is 0 Å². The fraction of sp³-hybridized carbons (Fsp3) is 0.462. The number of hydrogen-bond donors (Lipinski definition) is 1. The lowest BCUT2D eigenvalue weighted by Crippen LogP contribution is -2.27. The van der Waals surface area contributed by atoms with Gasteiger partial charge in [0.25, 0.3) is 0 Å². The quantitative estimate of drug-likeness (QED) is 0.750. The standard InChI is InChI=1S/C13H19NO4/c1-4-13(15)14-5-6-18-12-8-10(16-2)7-11(9-12)17-3/h7-9H,4-6H2,1-3H3,(H,14,15). The molecule has 0 bridgehead atoms. The van der Waals surface area contributed by atoms with Crippen LogP contribution < -0.4 is 19.5 Å². The van der Waals surface area contributed by atoms with Crippen LogP contribution in [0.4, 0.5) is 0 Å². The molecule has 0 spiro atoms. The Bertz CT molecular complexity index is 370. The third-order valence-electron chi connectivity index (χ3n) is 2.34. The van der Waals surface area contributed by atoms with E-state index in [1.165, 1.54) is 0 Å². The first-order valence-electron chi connectivity index (χ1n) is 5.82. The van der Waals surface area contributed by atoms with Crippen molar-refractivity contribution >= 4 is 5.91 Å². The van der Waals surface area contributed by atoms with Gasteiger partial charge in [0.05, 0.1) is 20.8 Å². The largest absolute Gasteiger partial charge is 0.496 e. The van der Waals surface area contributed by atoms with Crippen LogP contribution in [0.2, 0.25) is 0 Å². The summed E-state index contributed by atoms with van der Waals surface area (Å²) in [6.45, 7) is 2.69. The Morgan fingerprint density at radius 2 is 1.67 bits per heavy atom. The first kappa shape index (κ1) is 14.2. The molecular weight excluding hydrogens is 234 g/mol. The number of rotatable bonds is 7. The molecule has 0 unspecified atom stereocenters. The van der Waals surface area contributed by atoms with Crippen molar-refractivity contribution < 1.29 is 19.0 Å². The minimum Gasteiger partial charge on any atom is -0.496 e. The Labute approximate surface area is 107 Å². The molecule has 0 aliphatic carbocycles. The summed E-state index contributed by atoms with van der Waals surface area (Å²) in [7, 11) is 3.17. The van der Waals surface area contributed by atoms with Gasteiger partial charge in [0.15, 0.2) is 0 Å². The summed E-state index contributed by atoms with van der Waals surface area (Å²) in [5, 5.41) is 2.73. The molecule has 1 rings (SSSR count). The number of benzene rings is 1. The van der Waals surface area contributed by atoms with Crippen LogP contribution in [0.1, 0.15) is 13.3 Å². The van der Waals surface area contributed by atoms with E-state index >= 15 is 0 Å². The molecule has 0 saturated carbocycles. The second kappa shape index (κ2) is 7.42. The maximum absolute atomic E-state index is 11.0. The van der Waals surface area contributed by atoms with Crippen LogP contribution in [-0.4, -0.2) is 33.3 Å². The van der Waals surface area contributed by atoms with Crippen molar-refractivity contribution in [3.05, 3.63) is 18.2 Å². The summed E-state index contributed by atoms with van der Waals surface area (Å²) in [6, 6.07) is 5.31. The van der Waals surface area contributed by atoms with Crippen LogP contribution in [0.5, 0.6) is 17.2 Å². The molecule has 0 aromatic heterocycles. The molecule has 1 aromatic rings. The summed E-state index contributed by atoms with van der Waals surface area (Å²) < 4.78 is 15.8. The fourth-order valence-electron chi connectivity index (χ4n) is 1.35. The monoisotopic (exact) mass is 253 g/mol. The highest BCUT2D eigenvalue weighted by molar-refractivity contribution is 5.75. The lowest BCUT2D eigenvalue weighted by molar-refractivity contribution is -0.120. The zero-order chi connectivity index (χ0) is 13.4. The van der Waals surface area contributed by atoms with Crippen molar-refractivity contribution in [2.75, 3.05) is 27.4 Å². The SMILES string of the molecule is CCC(=O)NCCOc1cc(OC)cc(OC)c1. The fourth-order valence-corrected chi connectivity index (χ4v) is 1.35. The average Bonchev–Trinajstić information content (AvgIpc) is 2.42. The van der Waals surface area contributed by atoms with Crippen molar-refractivity contribution in [1.29, 1.82) is 0 Å². The summed E-state index contributed by atoms with van der Waals surface area (Å²) >= 11 is 0. The molecule has 0 aliphatic rings. The normalized spacial score (nSPS) is 9.72. The minimum atomic E-state index is 0.0156. The highest BCUT2D eigenvalue weighted by Gasteiger charge is 2.03. The molecule has 1 aromatic carbocycles. The van der Waals surface area contributed by atoms with Gasteiger partial charge in [0, 0.05) is 24.6 Å². The molecule has 0 saturated heterocycles. The Morgan fingerprint density at radius 1 is 1.11 bits per heavy atom. The number of carbonyl (C=O) groups is 1. The van der Waals surface area contributed by atoms with E-state index < -0.39 is 0 Å². The maximum atomic E-state index is 11.0. The van der Waals surface area contributed by atoms with Gasteiger partial charge in [0.1, 0.15) is 23.9 Å². The van der Waals surface area contributed by atoms with Gasteiger partial charge in [0.2, 0.25) is 5.91 Å². The number of amides is 1. The number of hydrogen-bond acceptors (Lipinski definition) is 4. The second-order valence-electron chi connectivity index (χ2n) is 3.60. The van der Waals surface area contributed by atoms with Gasteiger partial charge in [-0.15, -0.1) is 0 Å². The van der Waals surface area contributed by atoms with Crippen molar-refractivity contribution in [2.24, 2.45) is 0 Å². The van der Waals surface area contributed by atoms with Gasteiger partial charge in [-0.25, -0.2) is 0 Å². The molecule has 0 fully saturated rings. The van der Waals surface area contributed by atoms with E-state index in [0.717, 1.165) is 0 Å². The molecule has 100 valence electrons. The number of ether oxygens (including phenoxy) is 3. The summed E-state index contributed by atoms with van der Waals surface area (Å²) in [5.74, 6) is 2.00. The Kier molecular flexibility index (Phi) is 5.84. The van der Waals surface area contributed by atoms with Crippen LogP contribution in [0.3, 0.4) is 0 Å². The molecule has 1 N–H and O–H groups in total. The van der Waals surface area contributed by atoms with Crippen molar-refractivity contribution in [3.8, 4) is 17.2 Å². The zero-order valence-electron chi connectivity index (χ0n) is 11.0. The van der Waals surface area contributed by atoms with Gasteiger partial charge in [-0.1, -0.05) is 6.92 Å². The number of methoxy groups -OCH3 is 2. The van der Waals surface area contributed by atoms with Crippen molar-refractivity contribution in [1.82, 2.24) is 5.32 Å². The predicted octanol–water partition coefficient (Wildman–Crippen LogP) is 1.61. The van der Waals surface area contributed by atoms with E-state index in [1.807, 2.05) is 6.92 Å². The van der Waals surface area contributed by atoms with Gasteiger partial charge in [-0.2, -0.15) is 0 Å². The van der Waals surface area contributed by atoms with Crippen LogP contribution >= 0.6 is 0 Å². The van der Waals surface area contributed by atoms with Gasteiger partial charge >= 0.3 is 0 Å². The van der Waals surface area contributed by atoms with Crippen molar-refractivity contribution in [3.63, 3.8) is 0 Å². The Hall–Kier alpha value is -1.91. The molecule has 0 atom stereocenters. The van der Waals surface area contributed by atoms with E-state index in [4.69, 9.17) is 14.2 Å². The predicted molar refractivity (Wildman–Crippen MR) is 68.3 cm³/mol. The van der Waals surface area contributed by atoms with Crippen LogP contribution in [0, 0.1) is 0 Å². The van der Waals surface area contributed by atoms with E-state index in [1.54, 1.807) is 32.4 Å². The number of nitrogens with one attached hydrogen (secondary N) is 1. The summed E-state index contributed by atoms with van der Waals surface area (Å²) in [5.41, 5.74) is 0. The first-order valence-corrected chi connectivity index (χ1v) is 5.82. The lowest BCUT2D eigenvalue weighted by Gasteiger charge is -2.10. The maximum Gasteiger partial charge on any atom is 0.219 e. The smallest absolute Gasteiger partial charge is 0.219 e. The molecule has 18 heavy (non-hydrogen) atoms. The van der Waals surface area contributed by atoms with E-state index in [-0.39, 0.29) is 5.91 Å². The third kappa shape index (κ3) is 4.53. The Morgan fingerprint density at radius 3 is 2.17 bits per heavy atom. The molecule has 5 heteroatoms. The van der Waals surface area contributed by atoms with Gasteiger partial charge < -0.3 is 19.5 Å². The topological polar surface area (TPSA) is 56.8 Å². The highest BCUT2D eigenvalue weighted by atomic mass is 16.5. The van der Waals surface area contributed by atoms with E-state index in [2.05, 4.69) is 5.32 Å². The number of carbonyl (C=O) groups excluding carboxylic acids is 1. The van der Waals surface area contributed by atoms with Crippen LogP contribution in [0.15, 0.2) is 18.2 Å².